The number of hydrogen-bond acceptors (Lipinski definition) is 5. The summed E-state index contributed by atoms with van der Waals surface area (Å²) < 4.78 is 1.83. The number of aromatic amines is 1. The smallest absolute Gasteiger partial charge is 0.260 e. The second kappa shape index (κ2) is 7.28. The molecule has 1 N–H and O–H groups in total. The van der Waals surface area contributed by atoms with Crippen molar-refractivity contribution in [2.45, 2.75) is 25.7 Å². The van der Waals surface area contributed by atoms with Gasteiger partial charge in [-0.15, -0.1) is 11.3 Å². The Hall–Kier alpha value is -3.58. The number of nitrogens with one attached hydrogen (secondary N) is 1. The first-order valence-electron chi connectivity index (χ1n) is 10.4. The van der Waals surface area contributed by atoms with Gasteiger partial charge in [0.2, 0.25) is 0 Å². The van der Waals surface area contributed by atoms with E-state index in [2.05, 4.69) is 9.97 Å². The Morgan fingerprint density at radius 1 is 1.00 bits per heavy atom. The number of pyridine rings is 1. The highest BCUT2D eigenvalue weighted by atomic mass is 32.1. The van der Waals surface area contributed by atoms with Crippen molar-refractivity contribution in [2.24, 2.45) is 0 Å². The van der Waals surface area contributed by atoms with Crippen molar-refractivity contribution in [3.05, 3.63) is 81.8 Å². The number of fused-ring (bicyclic) bond motifs is 3. The molecule has 0 bridgehead atoms. The topological polar surface area (TPSA) is 76.5 Å². The van der Waals surface area contributed by atoms with Gasteiger partial charge in [-0.05, 0) is 55.5 Å². The standard InChI is InChI=1S/C24H19N5OS/c30-23-20-17-8-4-5-9-19(17)31-24(20)27-22(26-23)18-14-29(16-6-2-1-3-7-16)28-21(18)15-10-12-25-13-11-15/h1-3,6-7,10-14H,4-5,8-9H2,(H,26,27,30). The van der Waals surface area contributed by atoms with Gasteiger partial charge in [0.1, 0.15) is 16.3 Å². The molecule has 1 aromatic carbocycles. The average Bonchev–Trinajstić information content (AvgIpc) is 3.42. The number of nitrogens with zero attached hydrogens (tertiary/aromatic N) is 4. The van der Waals surface area contributed by atoms with E-state index in [0.29, 0.717) is 5.82 Å². The van der Waals surface area contributed by atoms with Crippen LogP contribution >= 0.6 is 11.3 Å². The van der Waals surface area contributed by atoms with Gasteiger partial charge in [0.25, 0.3) is 5.56 Å². The van der Waals surface area contributed by atoms with Gasteiger partial charge in [-0.1, -0.05) is 18.2 Å². The van der Waals surface area contributed by atoms with Crippen LogP contribution in [0.4, 0.5) is 0 Å². The average molecular weight is 426 g/mol. The van der Waals surface area contributed by atoms with E-state index in [1.807, 2.05) is 53.3 Å². The van der Waals surface area contributed by atoms with Gasteiger partial charge in [0, 0.05) is 29.0 Å². The molecule has 0 fully saturated rings. The minimum absolute atomic E-state index is 0.0625. The molecular formula is C24H19N5OS. The molecule has 6 nitrogen and oxygen atoms in total. The van der Waals surface area contributed by atoms with Crippen molar-refractivity contribution in [1.82, 2.24) is 24.7 Å². The summed E-state index contributed by atoms with van der Waals surface area (Å²) in [6.45, 7) is 0. The van der Waals surface area contributed by atoms with Crippen molar-refractivity contribution in [2.75, 3.05) is 0 Å². The Morgan fingerprint density at radius 3 is 2.65 bits per heavy atom. The van der Waals surface area contributed by atoms with E-state index in [4.69, 9.17) is 10.1 Å². The Bertz CT molecular complexity index is 1450. The molecule has 0 saturated heterocycles. The molecule has 6 rings (SSSR count). The molecule has 0 amide bonds. The lowest BCUT2D eigenvalue weighted by Crippen LogP contribution is -2.11. The summed E-state index contributed by atoms with van der Waals surface area (Å²) in [6, 6.07) is 13.8. The van der Waals surface area contributed by atoms with E-state index < -0.39 is 0 Å². The quantitative estimate of drug-likeness (QED) is 0.451. The molecule has 31 heavy (non-hydrogen) atoms. The number of hydrogen-bond donors (Lipinski definition) is 1. The molecule has 0 atom stereocenters. The number of rotatable bonds is 3. The maximum absolute atomic E-state index is 13.1. The maximum Gasteiger partial charge on any atom is 0.260 e. The summed E-state index contributed by atoms with van der Waals surface area (Å²) in [4.78, 5) is 27.3. The zero-order valence-corrected chi connectivity index (χ0v) is 17.5. The first kappa shape index (κ1) is 18.2. The van der Waals surface area contributed by atoms with Crippen LogP contribution in [-0.2, 0) is 12.8 Å². The fraction of sp³-hybridized carbons (Fsp3) is 0.167. The normalized spacial score (nSPS) is 13.4. The van der Waals surface area contributed by atoms with E-state index in [-0.39, 0.29) is 5.56 Å². The Morgan fingerprint density at radius 2 is 1.81 bits per heavy atom. The number of benzene rings is 1. The molecule has 4 aromatic heterocycles. The van der Waals surface area contributed by atoms with Crippen LogP contribution in [0.25, 0.3) is 38.5 Å². The maximum atomic E-state index is 13.1. The van der Waals surface area contributed by atoms with Crippen molar-refractivity contribution in [3.8, 4) is 28.3 Å². The van der Waals surface area contributed by atoms with Gasteiger partial charge in [-0.3, -0.25) is 9.78 Å². The number of aromatic nitrogens is 5. The van der Waals surface area contributed by atoms with Gasteiger partial charge in [0.05, 0.1) is 16.6 Å². The number of H-pyrrole nitrogens is 1. The van der Waals surface area contributed by atoms with Gasteiger partial charge in [-0.2, -0.15) is 5.10 Å². The van der Waals surface area contributed by atoms with E-state index in [9.17, 15) is 4.79 Å². The molecule has 1 aliphatic carbocycles. The highest BCUT2D eigenvalue weighted by molar-refractivity contribution is 7.18. The van der Waals surface area contributed by atoms with Crippen LogP contribution in [0.1, 0.15) is 23.3 Å². The third-order valence-electron chi connectivity index (χ3n) is 5.77. The molecule has 152 valence electrons. The monoisotopic (exact) mass is 425 g/mol. The van der Waals surface area contributed by atoms with Crippen LogP contribution in [-0.4, -0.2) is 24.7 Å². The zero-order chi connectivity index (χ0) is 20.8. The van der Waals surface area contributed by atoms with E-state index >= 15 is 0 Å². The highest BCUT2D eigenvalue weighted by Crippen LogP contribution is 2.35. The van der Waals surface area contributed by atoms with Crippen molar-refractivity contribution in [3.63, 3.8) is 0 Å². The lowest BCUT2D eigenvalue weighted by atomic mass is 9.97. The predicted octanol–water partition coefficient (Wildman–Crippen LogP) is 4.78. The number of aryl methyl sites for hydroxylation is 2. The molecule has 5 aromatic rings. The van der Waals surface area contributed by atoms with Gasteiger partial charge in [0.15, 0.2) is 0 Å². The minimum atomic E-state index is -0.0625. The summed E-state index contributed by atoms with van der Waals surface area (Å²) >= 11 is 1.66. The third-order valence-corrected chi connectivity index (χ3v) is 6.95. The first-order valence-corrected chi connectivity index (χ1v) is 11.2. The fourth-order valence-electron chi connectivity index (χ4n) is 4.27. The van der Waals surface area contributed by atoms with Crippen LogP contribution in [0, 0.1) is 0 Å². The summed E-state index contributed by atoms with van der Waals surface area (Å²) in [5, 5.41) is 5.60. The molecular weight excluding hydrogens is 406 g/mol. The van der Waals surface area contributed by atoms with E-state index in [0.717, 1.165) is 52.0 Å². The second-order valence-electron chi connectivity index (χ2n) is 7.71. The first-order chi connectivity index (χ1) is 15.3. The third kappa shape index (κ3) is 3.09. The van der Waals surface area contributed by atoms with Crippen LogP contribution in [0.5, 0.6) is 0 Å². The second-order valence-corrected chi connectivity index (χ2v) is 8.80. The van der Waals surface area contributed by atoms with Crippen LogP contribution in [0.3, 0.4) is 0 Å². The van der Waals surface area contributed by atoms with Crippen LogP contribution in [0.15, 0.2) is 65.8 Å². The van der Waals surface area contributed by atoms with Crippen molar-refractivity contribution >= 4 is 21.6 Å². The highest BCUT2D eigenvalue weighted by Gasteiger charge is 2.22. The molecule has 0 aliphatic heterocycles. The molecule has 4 heterocycles. The molecule has 0 unspecified atom stereocenters. The fourth-order valence-corrected chi connectivity index (χ4v) is 5.54. The number of para-hydroxylation sites is 1. The predicted molar refractivity (Wildman–Crippen MR) is 123 cm³/mol. The molecule has 1 aliphatic rings. The molecule has 0 spiro atoms. The van der Waals surface area contributed by atoms with Gasteiger partial charge in [-0.25, -0.2) is 9.67 Å². The summed E-state index contributed by atoms with van der Waals surface area (Å²) in [5.74, 6) is 0.546. The van der Waals surface area contributed by atoms with Gasteiger partial charge >= 0.3 is 0 Å². The molecule has 0 saturated carbocycles. The lowest BCUT2D eigenvalue weighted by molar-refractivity contribution is 0.700. The largest absolute Gasteiger partial charge is 0.306 e. The van der Waals surface area contributed by atoms with E-state index in [1.165, 1.54) is 16.9 Å². The molecule has 7 heteroatoms. The van der Waals surface area contributed by atoms with Crippen molar-refractivity contribution in [1.29, 1.82) is 0 Å². The van der Waals surface area contributed by atoms with Crippen LogP contribution < -0.4 is 5.56 Å². The molecule has 0 radical (unpaired) electrons. The Balaban J connectivity index is 1.58. The van der Waals surface area contributed by atoms with Crippen LogP contribution in [0.2, 0.25) is 0 Å². The Kier molecular flexibility index (Phi) is 4.28. The lowest BCUT2D eigenvalue weighted by Gasteiger charge is -2.09. The Labute approximate surface area is 182 Å². The summed E-state index contributed by atoms with van der Waals surface area (Å²) in [6.07, 6.45) is 9.74. The summed E-state index contributed by atoms with van der Waals surface area (Å²) in [7, 11) is 0. The zero-order valence-electron chi connectivity index (χ0n) is 16.7. The summed E-state index contributed by atoms with van der Waals surface area (Å²) in [5.41, 5.74) is 4.55. The minimum Gasteiger partial charge on any atom is -0.306 e. The van der Waals surface area contributed by atoms with Gasteiger partial charge < -0.3 is 4.98 Å². The number of thiophene rings is 1. The van der Waals surface area contributed by atoms with Crippen molar-refractivity contribution < 1.29 is 0 Å². The van der Waals surface area contributed by atoms with E-state index in [1.54, 1.807) is 23.7 Å². The SMILES string of the molecule is O=c1[nH]c(-c2cn(-c3ccccc3)nc2-c2ccncc2)nc2sc3c(c12)CCCC3.